The van der Waals surface area contributed by atoms with Gasteiger partial charge in [-0.15, -0.1) is 0 Å². The van der Waals surface area contributed by atoms with Gasteiger partial charge in [0.1, 0.15) is 0 Å². The minimum absolute atomic E-state index is 0.157. The Labute approximate surface area is 102 Å². The van der Waals surface area contributed by atoms with E-state index in [1.807, 2.05) is 0 Å². The number of rotatable bonds is 3. The summed E-state index contributed by atoms with van der Waals surface area (Å²) in [6.07, 6.45) is 4.75. The molecule has 98 valence electrons. The number of methoxy groups -OCH3 is 1. The van der Waals surface area contributed by atoms with Gasteiger partial charge in [0.2, 0.25) is 0 Å². The quantitative estimate of drug-likeness (QED) is 0.782. The molecule has 17 heavy (non-hydrogen) atoms. The van der Waals surface area contributed by atoms with Gasteiger partial charge in [-0.3, -0.25) is 4.90 Å². The van der Waals surface area contributed by atoms with Crippen molar-refractivity contribution in [3.63, 3.8) is 0 Å². The van der Waals surface area contributed by atoms with Crippen molar-refractivity contribution in [1.29, 1.82) is 0 Å². The molecule has 0 aromatic carbocycles. The molecule has 0 spiro atoms. The average molecular weight is 242 g/mol. The standard InChI is InChI=1S/C12H22N2O3/c1-17-11-6-7-14(8-11)10-4-2-9(3-5-10)13-12(15)16/h9-11,13H,2-8H2,1H3,(H,15,16)/t9?,10?,11-/m1/s1. The van der Waals surface area contributed by atoms with Gasteiger partial charge in [-0.2, -0.15) is 0 Å². The van der Waals surface area contributed by atoms with Gasteiger partial charge in [0, 0.05) is 32.3 Å². The number of carbonyl (C=O) groups is 1. The molecule has 5 nitrogen and oxygen atoms in total. The molecular weight excluding hydrogens is 220 g/mol. The van der Waals surface area contributed by atoms with E-state index in [0.29, 0.717) is 12.1 Å². The average Bonchev–Trinajstić information content (AvgIpc) is 2.78. The van der Waals surface area contributed by atoms with Crippen LogP contribution in [-0.2, 0) is 4.74 Å². The lowest BCUT2D eigenvalue weighted by atomic mass is 9.90. The molecule has 0 unspecified atom stereocenters. The first-order chi connectivity index (χ1) is 8.19. The fourth-order valence-corrected chi connectivity index (χ4v) is 3.04. The van der Waals surface area contributed by atoms with Crippen LogP contribution in [0.15, 0.2) is 0 Å². The fourth-order valence-electron chi connectivity index (χ4n) is 3.04. The Morgan fingerprint density at radius 3 is 2.53 bits per heavy atom. The Hall–Kier alpha value is -0.810. The second-order valence-electron chi connectivity index (χ2n) is 5.10. The van der Waals surface area contributed by atoms with E-state index < -0.39 is 6.09 Å². The van der Waals surface area contributed by atoms with Crippen LogP contribution in [0, 0.1) is 0 Å². The summed E-state index contributed by atoms with van der Waals surface area (Å²) in [5.41, 5.74) is 0. The molecule has 2 fully saturated rings. The van der Waals surface area contributed by atoms with Crippen LogP contribution in [0.1, 0.15) is 32.1 Å². The summed E-state index contributed by atoms with van der Waals surface area (Å²) in [5.74, 6) is 0. The van der Waals surface area contributed by atoms with E-state index in [-0.39, 0.29) is 6.04 Å². The lowest BCUT2D eigenvalue weighted by Gasteiger charge is -2.34. The monoisotopic (exact) mass is 242 g/mol. The number of hydrogen-bond donors (Lipinski definition) is 2. The summed E-state index contributed by atoms with van der Waals surface area (Å²) in [6.45, 7) is 2.17. The van der Waals surface area contributed by atoms with E-state index in [4.69, 9.17) is 9.84 Å². The molecule has 0 aromatic heterocycles. The van der Waals surface area contributed by atoms with Crippen molar-refractivity contribution in [3.8, 4) is 0 Å². The van der Waals surface area contributed by atoms with Crippen LogP contribution in [0.25, 0.3) is 0 Å². The van der Waals surface area contributed by atoms with Crippen LogP contribution < -0.4 is 5.32 Å². The van der Waals surface area contributed by atoms with Gasteiger partial charge in [0.25, 0.3) is 0 Å². The number of amides is 1. The molecule has 1 saturated carbocycles. The lowest BCUT2D eigenvalue weighted by molar-refractivity contribution is 0.0931. The Kier molecular flexibility index (Phi) is 4.23. The highest BCUT2D eigenvalue weighted by Gasteiger charge is 2.31. The maximum absolute atomic E-state index is 10.5. The third-order valence-corrected chi connectivity index (χ3v) is 4.05. The van der Waals surface area contributed by atoms with Crippen LogP contribution in [-0.4, -0.2) is 54.5 Å². The molecule has 1 heterocycles. The zero-order valence-corrected chi connectivity index (χ0v) is 10.4. The maximum atomic E-state index is 10.5. The van der Waals surface area contributed by atoms with Gasteiger partial charge >= 0.3 is 6.09 Å². The lowest BCUT2D eigenvalue weighted by Crippen LogP contribution is -2.43. The van der Waals surface area contributed by atoms with Gasteiger partial charge in [0.05, 0.1) is 6.10 Å². The van der Waals surface area contributed by atoms with Crippen LogP contribution >= 0.6 is 0 Å². The maximum Gasteiger partial charge on any atom is 0.404 e. The number of hydrogen-bond acceptors (Lipinski definition) is 3. The van der Waals surface area contributed by atoms with Gasteiger partial charge in [-0.1, -0.05) is 0 Å². The van der Waals surface area contributed by atoms with Gasteiger partial charge in [-0.25, -0.2) is 4.79 Å². The molecule has 2 N–H and O–H groups in total. The van der Waals surface area contributed by atoms with Gasteiger partial charge in [0.15, 0.2) is 0 Å². The first-order valence-corrected chi connectivity index (χ1v) is 6.45. The fraction of sp³-hybridized carbons (Fsp3) is 0.917. The normalized spacial score (nSPS) is 34.8. The van der Waals surface area contributed by atoms with Crippen molar-refractivity contribution in [2.75, 3.05) is 20.2 Å². The topological polar surface area (TPSA) is 61.8 Å². The van der Waals surface area contributed by atoms with Gasteiger partial charge < -0.3 is 15.2 Å². The second-order valence-corrected chi connectivity index (χ2v) is 5.10. The van der Waals surface area contributed by atoms with Crippen molar-refractivity contribution in [2.24, 2.45) is 0 Å². The summed E-state index contributed by atoms with van der Waals surface area (Å²) >= 11 is 0. The van der Waals surface area contributed by atoms with Crippen LogP contribution in [0.4, 0.5) is 4.79 Å². The number of nitrogens with zero attached hydrogens (tertiary/aromatic N) is 1. The van der Waals surface area contributed by atoms with Crippen LogP contribution in [0.5, 0.6) is 0 Å². The van der Waals surface area contributed by atoms with Crippen molar-refractivity contribution < 1.29 is 14.6 Å². The Morgan fingerprint density at radius 2 is 2.00 bits per heavy atom. The third-order valence-electron chi connectivity index (χ3n) is 4.05. The Morgan fingerprint density at radius 1 is 1.29 bits per heavy atom. The van der Waals surface area contributed by atoms with E-state index in [1.54, 1.807) is 7.11 Å². The third kappa shape index (κ3) is 3.33. The molecule has 5 heteroatoms. The molecule has 1 aliphatic heterocycles. The Balaban J connectivity index is 1.74. The first kappa shape index (κ1) is 12.6. The molecule has 0 bridgehead atoms. The van der Waals surface area contributed by atoms with E-state index in [9.17, 15) is 4.79 Å². The summed E-state index contributed by atoms with van der Waals surface area (Å²) < 4.78 is 5.37. The molecule has 2 rings (SSSR count). The number of ether oxygens (including phenoxy) is 1. The van der Waals surface area contributed by atoms with E-state index in [1.165, 1.54) is 0 Å². The summed E-state index contributed by atoms with van der Waals surface area (Å²) in [7, 11) is 1.78. The van der Waals surface area contributed by atoms with Crippen molar-refractivity contribution in [2.45, 2.75) is 50.3 Å². The SMILES string of the molecule is CO[C@@H]1CCN(C2CCC(NC(=O)O)CC2)C1. The van der Waals surface area contributed by atoms with Crippen LogP contribution in [0.3, 0.4) is 0 Å². The molecule has 1 saturated heterocycles. The molecular formula is C12H22N2O3. The summed E-state index contributed by atoms with van der Waals surface area (Å²) in [4.78, 5) is 13.1. The van der Waals surface area contributed by atoms with Gasteiger partial charge in [-0.05, 0) is 32.1 Å². The highest BCUT2D eigenvalue weighted by molar-refractivity contribution is 5.64. The molecule has 0 aromatic rings. The van der Waals surface area contributed by atoms with Crippen molar-refractivity contribution >= 4 is 6.09 Å². The summed E-state index contributed by atoms with van der Waals surface area (Å²) in [6, 6.07) is 0.784. The second kappa shape index (κ2) is 5.69. The Bertz CT molecular complexity index is 264. The summed E-state index contributed by atoms with van der Waals surface area (Å²) in [5, 5.41) is 11.3. The molecule has 2 aliphatic rings. The number of carboxylic acid groups (broad SMARTS) is 1. The van der Waals surface area contributed by atoms with Crippen molar-refractivity contribution in [1.82, 2.24) is 10.2 Å². The zero-order chi connectivity index (χ0) is 12.3. The van der Waals surface area contributed by atoms with Crippen LogP contribution in [0.2, 0.25) is 0 Å². The highest BCUT2D eigenvalue weighted by atomic mass is 16.5. The largest absolute Gasteiger partial charge is 0.465 e. The number of nitrogens with one attached hydrogen (secondary N) is 1. The van der Waals surface area contributed by atoms with E-state index in [0.717, 1.165) is 45.2 Å². The minimum atomic E-state index is -0.894. The first-order valence-electron chi connectivity index (χ1n) is 6.45. The predicted octanol–water partition coefficient (Wildman–Crippen LogP) is 1.29. The van der Waals surface area contributed by atoms with E-state index >= 15 is 0 Å². The number of likely N-dealkylation sites (tertiary alicyclic amines) is 1. The van der Waals surface area contributed by atoms with E-state index in [2.05, 4.69) is 10.2 Å². The molecule has 0 radical (unpaired) electrons. The highest BCUT2D eigenvalue weighted by Crippen LogP contribution is 2.26. The predicted molar refractivity (Wildman–Crippen MR) is 64.2 cm³/mol. The molecule has 1 aliphatic carbocycles. The molecule has 1 amide bonds. The van der Waals surface area contributed by atoms with Crippen molar-refractivity contribution in [3.05, 3.63) is 0 Å². The zero-order valence-electron chi connectivity index (χ0n) is 10.4. The minimum Gasteiger partial charge on any atom is -0.465 e. The smallest absolute Gasteiger partial charge is 0.404 e. The molecule has 1 atom stereocenters.